The van der Waals surface area contributed by atoms with Crippen LogP contribution in [0.2, 0.25) is 0 Å². The predicted octanol–water partition coefficient (Wildman–Crippen LogP) is 1.74. The van der Waals surface area contributed by atoms with Gasteiger partial charge in [-0.3, -0.25) is 9.59 Å². The largest absolute Gasteiger partial charge is 0.480 e. The molecule has 0 bridgehead atoms. The van der Waals surface area contributed by atoms with Gasteiger partial charge in [0.05, 0.1) is 6.20 Å². The van der Waals surface area contributed by atoms with E-state index in [-0.39, 0.29) is 12.2 Å². The van der Waals surface area contributed by atoms with Gasteiger partial charge in [0, 0.05) is 5.69 Å². The molecule has 0 spiro atoms. The zero-order chi connectivity index (χ0) is 15.4. The number of carbonyl (C=O) groups is 2. The van der Waals surface area contributed by atoms with Crippen molar-refractivity contribution in [3.05, 3.63) is 41.7 Å². The van der Waals surface area contributed by atoms with Crippen LogP contribution in [0.15, 0.2) is 30.5 Å². The number of aliphatic carboxylic acids is 1. The van der Waals surface area contributed by atoms with E-state index in [1.807, 2.05) is 24.3 Å². The summed E-state index contributed by atoms with van der Waals surface area (Å²) in [5, 5.41) is 18.6. The van der Waals surface area contributed by atoms with Gasteiger partial charge >= 0.3 is 5.97 Å². The molecule has 0 fully saturated rings. The lowest BCUT2D eigenvalue weighted by atomic mass is 10.0. The topological polar surface area (TPSA) is 97.1 Å². The fraction of sp³-hybridized carbons (Fsp3) is 0.286. The maximum atomic E-state index is 12.0. The van der Waals surface area contributed by atoms with Gasteiger partial charge in [-0.25, -0.2) is 4.68 Å². The van der Waals surface area contributed by atoms with Crippen molar-refractivity contribution in [1.82, 2.24) is 15.0 Å². The second-order valence-electron chi connectivity index (χ2n) is 4.93. The van der Waals surface area contributed by atoms with E-state index < -0.39 is 11.9 Å². The molecule has 0 aliphatic rings. The number of hydrogen-bond donors (Lipinski definition) is 2. The van der Waals surface area contributed by atoms with E-state index in [0.717, 1.165) is 4.68 Å². The molecule has 0 saturated carbocycles. The van der Waals surface area contributed by atoms with Crippen molar-refractivity contribution in [2.75, 3.05) is 5.32 Å². The minimum atomic E-state index is -1.05. The fourth-order valence-corrected chi connectivity index (χ4v) is 1.76. The third-order valence-electron chi connectivity index (χ3n) is 2.90. The van der Waals surface area contributed by atoms with Gasteiger partial charge in [-0.05, 0) is 23.6 Å². The molecule has 0 aliphatic heterocycles. The predicted molar refractivity (Wildman–Crippen MR) is 76.1 cm³/mol. The van der Waals surface area contributed by atoms with Crippen LogP contribution >= 0.6 is 0 Å². The number of amides is 1. The first kappa shape index (κ1) is 14.7. The van der Waals surface area contributed by atoms with Gasteiger partial charge in [0.1, 0.15) is 6.54 Å². The Kier molecular flexibility index (Phi) is 4.32. The van der Waals surface area contributed by atoms with E-state index in [9.17, 15) is 9.59 Å². The number of carboxylic acid groups (broad SMARTS) is 1. The van der Waals surface area contributed by atoms with Gasteiger partial charge in [-0.15, -0.1) is 5.10 Å². The average Bonchev–Trinajstić information content (AvgIpc) is 2.87. The van der Waals surface area contributed by atoms with Crippen molar-refractivity contribution < 1.29 is 14.7 Å². The van der Waals surface area contributed by atoms with Crippen LogP contribution in [0, 0.1) is 0 Å². The van der Waals surface area contributed by atoms with Crippen molar-refractivity contribution in [2.45, 2.75) is 26.3 Å². The smallest absolute Gasteiger partial charge is 0.325 e. The number of anilines is 1. The Morgan fingerprint density at radius 2 is 1.95 bits per heavy atom. The Morgan fingerprint density at radius 3 is 2.52 bits per heavy atom. The van der Waals surface area contributed by atoms with E-state index in [0.29, 0.717) is 11.6 Å². The van der Waals surface area contributed by atoms with E-state index in [1.54, 1.807) is 0 Å². The summed E-state index contributed by atoms with van der Waals surface area (Å²) in [7, 11) is 0. The first-order valence-electron chi connectivity index (χ1n) is 6.49. The highest BCUT2D eigenvalue weighted by Crippen LogP contribution is 2.17. The van der Waals surface area contributed by atoms with Crippen molar-refractivity contribution >= 4 is 17.6 Å². The number of rotatable bonds is 5. The SMILES string of the molecule is CC(C)c1ccc(NC(=O)c2cn(CC(=O)O)nn2)cc1. The molecule has 0 radical (unpaired) electrons. The maximum Gasteiger partial charge on any atom is 0.325 e. The van der Waals surface area contributed by atoms with Gasteiger partial charge in [-0.2, -0.15) is 0 Å². The minimum Gasteiger partial charge on any atom is -0.480 e. The summed E-state index contributed by atoms with van der Waals surface area (Å²) >= 11 is 0. The van der Waals surface area contributed by atoms with Gasteiger partial charge in [0.25, 0.3) is 5.91 Å². The van der Waals surface area contributed by atoms with E-state index >= 15 is 0 Å². The van der Waals surface area contributed by atoms with Crippen LogP contribution < -0.4 is 5.32 Å². The van der Waals surface area contributed by atoms with Gasteiger partial charge in [0.15, 0.2) is 5.69 Å². The number of carbonyl (C=O) groups excluding carboxylic acids is 1. The summed E-state index contributed by atoms with van der Waals surface area (Å²) < 4.78 is 1.10. The Labute approximate surface area is 121 Å². The molecule has 0 saturated heterocycles. The molecule has 1 aromatic heterocycles. The second kappa shape index (κ2) is 6.17. The molecule has 2 aromatic rings. The summed E-state index contributed by atoms with van der Waals surface area (Å²) in [5.74, 6) is -1.05. The van der Waals surface area contributed by atoms with Gasteiger partial charge in [0.2, 0.25) is 0 Å². The molecule has 21 heavy (non-hydrogen) atoms. The molecule has 1 heterocycles. The summed E-state index contributed by atoms with van der Waals surface area (Å²) in [4.78, 5) is 22.5. The van der Waals surface area contributed by atoms with Crippen LogP contribution in [-0.2, 0) is 11.3 Å². The van der Waals surface area contributed by atoms with E-state index in [1.165, 1.54) is 11.8 Å². The van der Waals surface area contributed by atoms with Crippen LogP contribution in [0.3, 0.4) is 0 Å². The quantitative estimate of drug-likeness (QED) is 0.873. The van der Waals surface area contributed by atoms with E-state index in [2.05, 4.69) is 29.5 Å². The van der Waals surface area contributed by atoms with Crippen LogP contribution in [0.25, 0.3) is 0 Å². The van der Waals surface area contributed by atoms with Crippen molar-refractivity contribution in [3.63, 3.8) is 0 Å². The second-order valence-corrected chi connectivity index (χ2v) is 4.93. The number of aromatic nitrogens is 3. The number of nitrogens with one attached hydrogen (secondary N) is 1. The zero-order valence-electron chi connectivity index (χ0n) is 11.8. The Morgan fingerprint density at radius 1 is 1.29 bits per heavy atom. The molecule has 1 aromatic carbocycles. The lowest BCUT2D eigenvalue weighted by Crippen LogP contribution is -2.12. The van der Waals surface area contributed by atoms with Crippen LogP contribution in [0.5, 0.6) is 0 Å². The molecular formula is C14H16N4O3. The zero-order valence-corrected chi connectivity index (χ0v) is 11.8. The first-order valence-corrected chi connectivity index (χ1v) is 6.49. The average molecular weight is 288 g/mol. The minimum absolute atomic E-state index is 0.0733. The maximum absolute atomic E-state index is 12.0. The molecule has 0 atom stereocenters. The van der Waals surface area contributed by atoms with Crippen molar-refractivity contribution in [2.24, 2.45) is 0 Å². The number of benzene rings is 1. The highest BCUT2D eigenvalue weighted by Gasteiger charge is 2.12. The third-order valence-corrected chi connectivity index (χ3v) is 2.90. The number of hydrogen-bond acceptors (Lipinski definition) is 4. The lowest BCUT2D eigenvalue weighted by molar-refractivity contribution is -0.137. The lowest BCUT2D eigenvalue weighted by Gasteiger charge is -2.07. The van der Waals surface area contributed by atoms with Crippen molar-refractivity contribution in [1.29, 1.82) is 0 Å². The van der Waals surface area contributed by atoms with Crippen LogP contribution in [0.1, 0.15) is 35.8 Å². The van der Waals surface area contributed by atoms with E-state index in [4.69, 9.17) is 5.11 Å². The van der Waals surface area contributed by atoms with Crippen LogP contribution in [-0.4, -0.2) is 32.0 Å². The Bertz CT molecular complexity index is 646. The Balaban J connectivity index is 2.03. The molecule has 7 nitrogen and oxygen atoms in total. The molecule has 0 aliphatic carbocycles. The molecular weight excluding hydrogens is 272 g/mol. The van der Waals surface area contributed by atoms with Gasteiger partial charge in [-0.1, -0.05) is 31.2 Å². The summed E-state index contributed by atoms with van der Waals surface area (Å²) in [5.41, 5.74) is 1.90. The van der Waals surface area contributed by atoms with Crippen molar-refractivity contribution in [3.8, 4) is 0 Å². The summed E-state index contributed by atoms with van der Waals surface area (Å²) in [6.07, 6.45) is 1.30. The highest BCUT2D eigenvalue weighted by molar-refractivity contribution is 6.02. The number of nitrogens with zero attached hydrogens (tertiary/aromatic N) is 3. The standard InChI is InChI=1S/C14H16N4O3/c1-9(2)10-3-5-11(6-4-10)15-14(21)12-7-18(17-16-12)8-13(19)20/h3-7,9H,8H2,1-2H3,(H,15,21)(H,19,20). The van der Waals surface area contributed by atoms with Crippen LogP contribution in [0.4, 0.5) is 5.69 Å². The highest BCUT2D eigenvalue weighted by atomic mass is 16.4. The molecule has 0 unspecified atom stereocenters. The molecule has 2 rings (SSSR count). The third kappa shape index (κ3) is 3.88. The summed E-state index contributed by atoms with van der Waals surface area (Å²) in [6, 6.07) is 7.52. The summed E-state index contributed by atoms with van der Waals surface area (Å²) in [6.45, 7) is 3.85. The number of carboxylic acids is 1. The molecule has 7 heteroatoms. The first-order chi connectivity index (χ1) is 9.95. The molecule has 110 valence electrons. The Hall–Kier alpha value is -2.70. The molecule has 1 amide bonds. The normalized spacial score (nSPS) is 10.6. The van der Waals surface area contributed by atoms with Gasteiger partial charge < -0.3 is 10.4 Å². The monoisotopic (exact) mass is 288 g/mol. The fourth-order valence-electron chi connectivity index (χ4n) is 1.76. The molecule has 2 N–H and O–H groups in total.